The van der Waals surface area contributed by atoms with E-state index in [0.29, 0.717) is 10.8 Å². The first-order valence-electron chi connectivity index (χ1n) is 8.91. The van der Waals surface area contributed by atoms with E-state index in [1.807, 2.05) is 4.90 Å². The Labute approximate surface area is 177 Å². The van der Waals surface area contributed by atoms with Crippen molar-refractivity contribution in [2.24, 2.45) is 0 Å². The van der Waals surface area contributed by atoms with E-state index >= 15 is 0 Å². The molecule has 0 bridgehead atoms. The van der Waals surface area contributed by atoms with Crippen molar-refractivity contribution in [2.75, 3.05) is 32.1 Å². The van der Waals surface area contributed by atoms with Crippen molar-refractivity contribution in [3.8, 4) is 11.5 Å². The lowest BCUT2D eigenvalue weighted by atomic mass is 10.2. The predicted molar refractivity (Wildman–Crippen MR) is 107 cm³/mol. The zero-order chi connectivity index (χ0) is 22.1. The van der Waals surface area contributed by atoms with E-state index in [9.17, 15) is 22.0 Å². The molecule has 1 amide bonds. The molecule has 1 saturated heterocycles. The second kappa shape index (κ2) is 8.70. The minimum atomic E-state index is -4.16. The average molecular weight is 461 g/mol. The number of benzene rings is 1. The number of carbonyl (C=O) groups is 1. The zero-order valence-corrected chi connectivity index (χ0v) is 17.7. The van der Waals surface area contributed by atoms with Crippen LogP contribution in [0.25, 0.3) is 0 Å². The number of carbonyl (C=O) groups excluding carboxylic acids is 1. The molecule has 0 spiro atoms. The number of rotatable bonds is 6. The Kier molecular flexibility index (Phi) is 6.44. The average Bonchev–Trinajstić information content (AvgIpc) is 3.19. The first kappa shape index (κ1) is 22.2. The monoisotopic (exact) mass is 460 g/mol. The lowest BCUT2D eigenvalue weighted by molar-refractivity contribution is 0.0974. The smallest absolute Gasteiger partial charge is 0.303 e. The Morgan fingerprint density at radius 2 is 1.90 bits per heavy atom. The fourth-order valence-corrected chi connectivity index (χ4v) is 3.61. The van der Waals surface area contributed by atoms with Gasteiger partial charge >= 0.3 is 10.2 Å². The molecule has 3 rings (SSSR count). The van der Waals surface area contributed by atoms with Gasteiger partial charge in [-0.25, -0.2) is 14.1 Å². The normalized spacial score (nSPS) is 14.3. The number of ether oxygens (including phenoxy) is 1. The molecule has 0 atom stereocenters. The van der Waals surface area contributed by atoms with Crippen LogP contribution in [0.5, 0.6) is 11.5 Å². The molecule has 1 aliphatic heterocycles. The lowest BCUT2D eigenvalue weighted by Crippen LogP contribution is -2.39. The van der Waals surface area contributed by atoms with Gasteiger partial charge in [0, 0.05) is 33.3 Å². The van der Waals surface area contributed by atoms with Crippen LogP contribution in [-0.2, 0) is 10.2 Å². The number of halogens is 3. The molecule has 1 aromatic heterocycles. The fraction of sp³-hybridized carbons (Fsp3) is 0.333. The third kappa shape index (κ3) is 4.63. The number of nitrogens with one attached hydrogen (secondary N) is 1. The van der Waals surface area contributed by atoms with Gasteiger partial charge in [-0.05, 0) is 25.0 Å². The quantitative estimate of drug-likeness (QED) is 0.712. The van der Waals surface area contributed by atoms with E-state index in [-0.39, 0.29) is 5.75 Å². The van der Waals surface area contributed by atoms with Crippen LogP contribution in [0.1, 0.15) is 23.2 Å². The van der Waals surface area contributed by atoms with E-state index in [4.69, 9.17) is 16.3 Å². The van der Waals surface area contributed by atoms with Crippen LogP contribution in [0.4, 0.5) is 14.6 Å². The number of pyridine rings is 1. The van der Waals surface area contributed by atoms with Crippen molar-refractivity contribution >= 4 is 33.5 Å². The topological polar surface area (TPSA) is 91.8 Å². The molecule has 2 heterocycles. The predicted octanol–water partition coefficient (Wildman–Crippen LogP) is 2.94. The molecule has 12 heteroatoms. The van der Waals surface area contributed by atoms with Gasteiger partial charge in [-0.3, -0.25) is 4.79 Å². The first-order chi connectivity index (χ1) is 14.1. The third-order valence-electron chi connectivity index (χ3n) is 4.42. The van der Waals surface area contributed by atoms with E-state index in [0.717, 1.165) is 42.4 Å². The molecule has 30 heavy (non-hydrogen) atoms. The van der Waals surface area contributed by atoms with Gasteiger partial charge in [-0.2, -0.15) is 17.1 Å². The highest BCUT2D eigenvalue weighted by Crippen LogP contribution is 2.33. The van der Waals surface area contributed by atoms with Crippen molar-refractivity contribution in [3.05, 3.63) is 46.6 Å². The number of anilines is 1. The number of hydrogen-bond acceptors (Lipinski definition) is 6. The Morgan fingerprint density at radius 1 is 1.23 bits per heavy atom. The second-order valence-electron chi connectivity index (χ2n) is 6.73. The standard InChI is InChI=1S/C18H19ClF2N4O4S/c1-24(2)30(27,28)23-18(26)12-5-6-14(16(21)15(12)20)29-11-9-13(19)17(22-10-11)25-7-3-4-8-25/h5-6,9-10H,3-4,7-8H2,1-2H3,(H,23,26). The van der Waals surface area contributed by atoms with E-state index in [1.54, 1.807) is 4.72 Å². The number of amides is 1. The summed E-state index contributed by atoms with van der Waals surface area (Å²) in [6.45, 7) is 1.67. The van der Waals surface area contributed by atoms with Crippen molar-refractivity contribution in [3.63, 3.8) is 0 Å². The van der Waals surface area contributed by atoms with Crippen molar-refractivity contribution in [1.29, 1.82) is 0 Å². The maximum atomic E-state index is 14.4. The number of nitrogens with zero attached hydrogens (tertiary/aromatic N) is 3. The van der Waals surface area contributed by atoms with Gasteiger partial charge in [0.15, 0.2) is 11.6 Å². The van der Waals surface area contributed by atoms with Crippen LogP contribution in [0.3, 0.4) is 0 Å². The highest BCUT2D eigenvalue weighted by atomic mass is 35.5. The molecule has 0 unspecified atom stereocenters. The Bertz CT molecular complexity index is 1080. The summed E-state index contributed by atoms with van der Waals surface area (Å²) in [6.07, 6.45) is 3.41. The van der Waals surface area contributed by atoms with Gasteiger partial charge in [-0.15, -0.1) is 0 Å². The van der Waals surface area contributed by atoms with Crippen molar-refractivity contribution in [2.45, 2.75) is 12.8 Å². The van der Waals surface area contributed by atoms with Gasteiger partial charge in [0.05, 0.1) is 16.8 Å². The van der Waals surface area contributed by atoms with Crippen LogP contribution in [-0.4, -0.2) is 50.8 Å². The van der Waals surface area contributed by atoms with E-state index in [1.165, 1.54) is 26.4 Å². The van der Waals surface area contributed by atoms with Crippen LogP contribution in [0, 0.1) is 11.6 Å². The van der Waals surface area contributed by atoms with Crippen LogP contribution >= 0.6 is 11.6 Å². The van der Waals surface area contributed by atoms with Gasteiger partial charge in [0.25, 0.3) is 5.91 Å². The molecule has 8 nitrogen and oxygen atoms in total. The summed E-state index contributed by atoms with van der Waals surface area (Å²) in [4.78, 5) is 18.3. The molecule has 162 valence electrons. The highest BCUT2D eigenvalue weighted by molar-refractivity contribution is 7.87. The van der Waals surface area contributed by atoms with Gasteiger partial charge in [0.2, 0.25) is 5.82 Å². The third-order valence-corrected chi connectivity index (χ3v) is 6.11. The summed E-state index contributed by atoms with van der Waals surface area (Å²) < 4.78 is 59.9. The fourth-order valence-electron chi connectivity index (χ4n) is 2.81. The number of hydrogen-bond donors (Lipinski definition) is 1. The summed E-state index contributed by atoms with van der Waals surface area (Å²) >= 11 is 6.23. The molecule has 0 saturated carbocycles. The van der Waals surface area contributed by atoms with Crippen molar-refractivity contribution < 1.29 is 26.7 Å². The molecule has 0 aliphatic carbocycles. The minimum Gasteiger partial charge on any atom is -0.452 e. The Hall–Kier alpha value is -2.50. The first-order valence-corrected chi connectivity index (χ1v) is 10.7. The van der Waals surface area contributed by atoms with Gasteiger partial charge < -0.3 is 9.64 Å². The Balaban J connectivity index is 1.80. The Morgan fingerprint density at radius 3 is 2.50 bits per heavy atom. The highest BCUT2D eigenvalue weighted by Gasteiger charge is 2.25. The zero-order valence-electron chi connectivity index (χ0n) is 16.2. The maximum absolute atomic E-state index is 14.4. The van der Waals surface area contributed by atoms with Gasteiger partial charge in [-0.1, -0.05) is 11.6 Å². The molecular weight excluding hydrogens is 442 g/mol. The molecular formula is C18H19ClF2N4O4S. The molecule has 1 N–H and O–H groups in total. The van der Waals surface area contributed by atoms with Gasteiger partial charge in [0.1, 0.15) is 11.6 Å². The summed E-state index contributed by atoms with van der Waals surface area (Å²) in [5.74, 6) is -4.16. The van der Waals surface area contributed by atoms with Crippen LogP contribution < -0.4 is 14.4 Å². The summed E-state index contributed by atoms with van der Waals surface area (Å²) in [6, 6.07) is 3.36. The molecule has 0 radical (unpaired) electrons. The summed E-state index contributed by atoms with van der Waals surface area (Å²) in [7, 11) is -1.81. The molecule has 1 aliphatic rings. The largest absolute Gasteiger partial charge is 0.452 e. The molecule has 1 aromatic carbocycles. The van der Waals surface area contributed by atoms with Crippen LogP contribution in [0.15, 0.2) is 24.4 Å². The number of aromatic nitrogens is 1. The summed E-state index contributed by atoms with van der Waals surface area (Å²) in [5, 5.41) is 0.306. The second-order valence-corrected chi connectivity index (χ2v) is 9.02. The van der Waals surface area contributed by atoms with E-state index < -0.39 is 39.1 Å². The van der Waals surface area contributed by atoms with Crippen molar-refractivity contribution in [1.82, 2.24) is 14.0 Å². The SMILES string of the molecule is CN(C)S(=O)(=O)NC(=O)c1ccc(Oc2cnc(N3CCCC3)c(Cl)c2)c(F)c1F. The minimum absolute atomic E-state index is 0.0774. The molecule has 2 aromatic rings. The lowest BCUT2D eigenvalue weighted by Gasteiger charge is -2.18. The maximum Gasteiger partial charge on any atom is 0.303 e. The molecule has 1 fully saturated rings. The van der Waals surface area contributed by atoms with Crippen LogP contribution in [0.2, 0.25) is 5.02 Å². The summed E-state index contributed by atoms with van der Waals surface area (Å²) in [5.41, 5.74) is -0.786. The van der Waals surface area contributed by atoms with E-state index in [2.05, 4.69) is 4.98 Å².